The van der Waals surface area contributed by atoms with Gasteiger partial charge in [0.15, 0.2) is 0 Å². The van der Waals surface area contributed by atoms with Gasteiger partial charge in [-0.05, 0) is 17.5 Å². The van der Waals surface area contributed by atoms with Crippen LogP contribution in [0.15, 0.2) is 43.5 Å². The van der Waals surface area contributed by atoms with E-state index in [9.17, 15) is 0 Å². The summed E-state index contributed by atoms with van der Waals surface area (Å²) >= 11 is 0. The van der Waals surface area contributed by atoms with Gasteiger partial charge in [0.25, 0.3) is 0 Å². The fourth-order valence-electron chi connectivity index (χ4n) is 0.956. The molecule has 1 aromatic carbocycles. The van der Waals surface area contributed by atoms with Gasteiger partial charge < -0.3 is 0 Å². The first-order valence-electron chi connectivity index (χ1n) is 3.69. The third-order valence-electron chi connectivity index (χ3n) is 1.60. The first-order valence-corrected chi connectivity index (χ1v) is 3.69. The fourth-order valence-corrected chi connectivity index (χ4v) is 0.956. The van der Waals surface area contributed by atoms with Crippen molar-refractivity contribution in [3.63, 3.8) is 0 Å². The van der Waals surface area contributed by atoms with Crippen molar-refractivity contribution in [3.8, 4) is 0 Å². The highest BCUT2D eigenvalue weighted by Gasteiger charge is 1.87. The van der Waals surface area contributed by atoms with Gasteiger partial charge in [-0.3, -0.25) is 0 Å². The quantitative estimate of drug-likeness (QED) is 0.572. The van der Waals surface area contributed by atoms with Crippen molar-refractivity contribution in [2.24, 2.45) is 0 Å². The minimum Gasteiger partial charge on any atom is -0.103 e. The van der Waals surface area contributed by atoms with Crippen LogP contribution in [0.4, 0.5) is 0 Å². The molecule has 0 saturated carbocycles. The van der Waals surface area contributed by atoms with Crippen molar-refractivity contribution < 1.29 is 0 Å². The van der Waals surface area contributed by atoms with E-state index in [4.69, 9.17) is 0 Å². The summed E-state index contributed by atoms with van der Waals surface area (Å²) in [6.07, 6.45) is 4.69. The average molecular weight is 144 g/mol. The first-order chi connectivity index (χ1) is 5.36. The Hall–Kier alpha value is -1.30. The third kappa shape index (κ3) is 2.08. The second kappa shape index (κ2) is 3.77. The second-order valence-electron chi connectivity index (χ2n) is 2.44. The van der Waals surface area contributed by atoms with Crippen molar-refractivity contribution in [1.29, 1.82) is 0 Å². The molecule has 0 atom stereocenters. The number of hydrogen-bond donors (Lipinski definition) is 0. The van der Waals surface area contributed by atoms with Gasteiger partial charge in [0.1, 0.15) is 0 Å². The lowest BCUT2D eigenvalue weighted by Crippen LogP contribution is -1.79. The van der Waals surface area contributed by atoms with Crippen LogP contribution in [0.25, 0.3) is 6.08 Å². The summed E-state index contributed by atoms with van der Waals surface area (Å²) in [5.41, 5.74) is 2.46. The van der Waals surface area contributed by atoms with E-state index in [1.807, 2.05) is 12.2 Å². The summed E-state index contributed by atoms with van der Waals surface area (Å²) in [6.45, 7) is 7.36. The summed E-state index contributed by atoms with van der Waals surface area (Å²) in [7, 11) is 0. The Morgan fingerprint density at radius 2 is 1.73 bits per heavy atom. The Kier molecular flexibility index (Phi) is 2.67. The number of allylic oxidation sites excluding steroid dienone is 1. The highest BCUT2D eigenvalue weighted by molar-refractivity contribution is 5.47. The predicted molar refractivity (Wildman–Crippen MR) is 50.4 cm³/mol. The normalized spacial score (nSPS) is 9.09. The molecule has 0 amide bonds. The minimum absolute atomic E-state index is 0.942. The van der Waals surface area contributed by atoms with Crippen LogP contribution in [0.2, 0.25) is 0 Å². The van der Waals surface area contributed by atoms with E-state index in [0.717, 1.165) is 12.0 Å². The van der Waals surface area contributed by atoms with Crippen molar-refractivity contribution in [2.75, 3.05) is 0 Å². The first kappa shape index (κ1) is 7.80. The van der Waals surface area contributed by atoms with Crippen molar-refractivity contribution >= 4 is 6.08 Å². The molecule has 0 aliphatic carbocycles. The van der Waals surface area contributed by atoms with Gasteiger partial charge in [-0.15, -0.1) is 6.58 Å². The van der Waals surface area contributed by atoms with Gasteiger partial charge >= 0.3 is 0 Å². The van der Waals surface area contributed by atoms with Gasteiger partial charge in [0, 0.05) is 0 Å². The van der Waals surface area contributed by atoms with E-state index in [1.54, 1.807) is 0 Å². The van der Waals surface area contributed by atoms with E-state index in [-0.39, 0.29) is 0 Å². The van der Waals surface area contributed by atoms with Gasteiger partial charge in [-0.2, -0.15) is 0 Å². The maximum Gasteiger partial charge on any atom is -0.0100 e. The Morgan fingerprint density at radius 1 is 1.09 bits per heavy atom. The minimum atomic E-state index is 0.942. The zero-order valence-corrected chi connectivity index (χ0v) is 6.59. The highest BCUT2D eigenvalue weighted by Crippen LogP contribution is 2.05. The third-order valence-corrected chi connectivity index (χ3v) is 1.60. The van der Waals surface area contributed by atoms with Crippen LogP contribution < -0.4 is 0 Å². The molecule has 0 heteroatoms. The lowest BCUT2D eigenvalue weighted by atomic mass is 10.1. The van der Waals surface area contributed by atoms with E-state index in [2.05, 4.69) is 37.4 Å². The maximum atomic E-state index is 3.69. The molecule has 0 bridgehead atoms. The molecule has 56 valence electrons. The van der Waals surface area contributed by atoms with Gasteiger partial charge in [-0.1, -0.05) is 43.0 Å². The Balaban J connectivity index is 2.81. The molecular weight excluding hydrogens is 132 g/mol. The van der Waals surface area contributed by atoms with Gasteiger partial charge in [-0.25, -0.2) is 0 Å². The molecule has 1 rings (SSSR count). The SMILES string of the molecule is C=CCc1ccc(C=C)cc1. The smallest absolute Gasteiger partial charge is 0.0100 e. The molecule has 0 saturated heterocycles. The van der Waals surface area contributed by atoms with Crippen LogP contribution in [-0.2, 0) is 6.42 Å². The Bertz CT molecular complexity index is 241. The summed E-state index contributed by atoms with van der Waals surface area (Å²) in [5, 5.41) is 0. The van der Waals surface area contributed by atoms with E-state index in [0.29, 0.717) is 0 Å². The second-order valence-corrected chi connectivity index (χ2v) is 2.44. The average Bonchev–Trinajstić information content (AvgIpc) is 2.07. The summed E-state index contributed by atoms with van der Waals surface area (Å²) in [4.78, 5) is 0. The zero-order chi connectivity index (χ0) is 8.10. The van der Waals surface area contributed by atoms with E-state index < -0.39 is 0 Å². The topological polar surface area (TPSA) is 0 Å². The molecule has 0 spiro atoms. The van der Waals surface area contributed by atoms with Crippen molar-refractivity contribution in [2.45, 2.75) is 6.42 Å². The molecule has 0 aromatic heterocycles. The van der Waals surface area contributed by atoms with E-state index >= 15 is 0 Å². The summed E-state index contributed by atoms with van der Waals surface area (Å²) < 4.78 is 0. The number of rotatable bonds is 3. The summed E-state index contributed by atoms with van der Waals surface area (Å²) in [6, 6.07) is 8.31. The molecule has 11 heavy (non-hydrogen) atoms. The predicted octanol–water partition coefficient (Wildman–Crippen LogP) is 3.06. The molecule has 0 nitrogen and oxygen atoms in total. The van der Waals surface area contributed by atoms with Crippen molar-refractivity contribution in [3.05, 3.63) is 54.6 Å². The molecule has 1 aromatic rings. The number of benzene rings is 1. The highest BCUT2D eigenvalue weighted by atomic mass is 13.9. The van der Waals surface area contributed by atoms with Crippen LogP contribution in [0.3, 0.4) is 0 Å². The van der Waals surface area contributed by atoms with Gasteiger partial charge in [0.2, 0.25) is 0 Å². The molecule has 0 radical (unpaired) electrons. The van der Waals surface area contributed by atoms with Crippen LogP contribution in [0.5, 0.6) is 0 Å². The standard InChI is InChI=1S/C11H12/c1-3-5-11-8-6-10(4-2)7-9-11/h3-4,6-9H,1-2,5H2. The largest absolute Gasteiger partial charge is 0.103 e. The molecule has 0 aliphatic rings. The van der Waals surface area contributed by atoms with Crippen LogP contribution in [0, 0.1) is 0 Å². The lowest BCUT2D eigenvalue weighted by Gasteiger charge is -1.96. The molecule has 0 heterocycles. The van der Waals surface area contributed by atoms with E-state index in [1.165, 1.54) is 5.56 Å². The van der Waals surface area contributed by atoms with Crippen molar-refractivity contribution in [1.82, 2.24) is 0 Å². The fraction of sp³-hybridized carbons (Fsp3) is 0.0909. The lowest BCUT2D eigenvalue weighted by molar-refractivity contribution is 1.28. The molecule has 0 N–H and O–H groups in total. The Labute approximate surface area is 67.9 Å². The molecular formula is C11H12. The van der Waals surface area contributed by atoms with Gasteiger partial charge in [0.05, 0.1) is 0 Å². The zero-order valence-electron chi connectivity index (χ0n) is 6.59. The molecule has 0 aliphatic heterocycles. The van der Waals surface area contributed by atoms with Crippen LogP contribution in [-0.4, -0.2) is 0 Å². The monoisotopic (exact) mass is 144 g/mol. The van der Waals surface area contributed by atoms with Crippen LogP contribution in [0.1, 0.15) is 11.1 Å². The molecule has 0 unspecified atom stereocenters. The van der Waals surface area contributed by atoms with Crippen LogP contribution >= 0.6 is 0 Å². The Morgan fingerprint density at radius 3 is 2.18 bits per heavy atom. The molecule has 0 fully saturated rings. The summed E-state index contributed by atoms with van der Waals surface area (Å²) in [5.74, 6) is 0. The maximum absolute atomic E-state index is 3.69. The number of hydrogen-bond acceptors (Lipinski definition) is 0.